The first-order valence-corrected chi connectivity index (χ1v) is 8.99. The highest BCUT2D eigenvalue weighted by molar-refractivity contribution is 5.91. The lowest BCUT2D eigenvalue weighted by atomic mass is 9.80. The number of ether oxygens (including phenoxy) is 3. The molecule has 0 bridgehead atoms. The molecule has 140 valence electrons. The number of aliphatic hydroxyl groups is 1. The van der Waals surface area contributed by atoms with Crippen molar-refractivity contribution in [3.8, 4) is 0 Å². The first kappa shape index (κ1) is 17.5. The lowest BCUT2D eigenvalue weighted by Gasteiger charge is -2.29. The molecule has 0 aromatic heterocycles. The molecule has 2 aliphatic carbocycles. The zero-order valence-corrected chi connectivity index (χ0v) is 15.4. The van der Waals surface area contributed by atoms with Crippen molar-refractivity contribution in [2.75, 3.05) is 0 Å². The van der Waals surface area contributed by atoms with Crippen LogP contribution in [0.3, 0.4) is 0 Å². The van der Waals surface area contributed by atoms with Crippen LogP contribution in [-0.2, 0) is 23.8 Å². The molecular weight excluding hydrogens is 336 g/mol. The van der Waals surface area contributed by atoms with Gasteiger partial charge in [0.05, 0.1) is 12.0 Å². The van der Waals surface area contributed by atoms with Gasteiger partial charge in [-0.2, -0.15) is 0 Å². The summed E-state index contributed by atoms with van der Waals surface area (Å²) in [5.74, 6) is -1.75. The minimum Gasteiger partial charge on any atom is -0.457 e. The Kier molecular flexibility index (Phi) is 3.72. The van der Waals surface area contributed by atoms with Crippen LogP contribution in [0.4, 0.5) is 0 Å². The van der Waals surface area contributed by atoms with Crippen molar-refractivity contribution in [1.82, 2.24) is 0 Å². The largest absolute Gasteiger partial charge is 0.457 e. The number of carbonyl (C=O) groups is 2. The van der Waals surface area contributed by atoms with Crippen molar-refractivity contribution in [2.45, 2.75) is 64.1 Å². The highest BCUT2D eigenvalue weighted by Gasteiger charge is 2.70. The van der Waals surface area contributed by atoms with Crippen LogP contribution in [0.1, 0.15) is 34.1 Å². The van der Waals surface area contributed by atoms with Crippen LogP contribution in [-0.4, -0.2) is 47.1 Å². The lowest BCUT2D eigenvalue weighted by Crippen LogP contribution is -2.43. The number of hydrogen-bond donors (Lipinski definition) is 1. The molecule has 6 heteroatoms. The summed E-state index contributed by atoms with van der Waals surface area (Å²) < 4.78 is 17.1. The number of fused-ring (bicyclic) bond motifs is 5. The Morgan fingerprint density at radius 1 is 1.46 bits per heavy atom. The van der Waals surface area contributed by atoms with E-state index in [0.717, 1.165) is 11.1 Å². The summed E-state index contributed by atoms with van der Waals surface area (Å²) in [5.41, 5.74) is 2.19. The van der Waals surface area contributed by atoms with Gasteiger partial charge in [0.1, 0.15) is 23.9 Å². The number of epoxide rings is 1. The Hall–Kier alpha value is -1.92. The highest BCUT2D eigenvalue weighted by atomic mass is 16.6. The predicted octanol–water partition coefficient (Wildman–Crippen LogP) is 1.83. The highest BCUT2D eigenvalue weighted by Crippen LogP contribution is 2.62. The average Bonchev–Trinajstić information content (AvgIpc) is 3.06. The van der Waals surface area contributed by atoms with Gasteiger partial charge in [-0.1, -0.05) is 18.2 Å². The fourth-order valence-electron chi connectivity index (χ4n) is 4.79. The standard InChI is InChI=1S/C20H24O6/c1-6-8(2)18(22)24-16-9(3)11-7-12-20(5,26-12)14(11)17-13(15(16)21)10(4)19(23)25-17/h6,12-17,21H,4,7H2,1-3,5H3. The molecule has 7 atom stereocenters. The average molecular weight is 360 g/mol. The third-order valence-electron chi connectivity index (χ3n) is 6.57. The van der Waals surface area contributed by atoms with Crippen molar-refractivity contribution in [3.05, 3.63) is 34.9 Å². The van der Waals surface area contributed by atoms with E-state index in [1.165, 1.54) is 0 Å². The number of esters is 2. The first-order chi connectivity index (χ1) is 12.2. The predicted molar refractivity (Wildman–Crippen MR) is 91.9 cm³/mol. The van der Waals surface area contributed by atoms with Crippen LogP contribution in [0.25, 0.3) is 0 Å². The molecule has 26 heavy (non-hydrogen) atoms. The number of carbonyl (C=O) groups excluding carboxylic acids is 2. The van der Waals surface area contributed by atoms with E-state index in [1.807, 2.05) is 13.8 Å². The van der Waals surface area contributed by atoms with Gasteiger partial charge in [0, 0.05) is 17.1 Å². The molecule has 4 rings (SSSR count). The van der Waals surface area contributed by atoms with E-state index in [1.54, 1.807) is 19.9 Å². The molecule has 0 aromatic carbocycles. The van der Waals surface area contributed by atoms with E-state index in [-0.39, 0.29) is 17.6 Å². The lowest BCUT2D eigenvalue weighted by molar-refractivity contribution is -0.151. The van der Waals surface area contributed by atoms with E-state index < -0.39 is 41.8 Å². The summed E-state index contributed by atoms with van der Waals surface area (Å²) >= 11 is 0. The summed E-state index contributed by atoms with van der Waals surface area (Å²) in [4.78, 5) is 24.5. The molecule has 0 radical (unpaired) electrons. The summed E-state index contributed by atoms with van der Waals surface area (Å²) in [5, 5.41) is 11.1. The van der Waals surface area contributed by atoms with Crippen molar-refractivity contribution >= 4 is 11.9 Å². The van der Waals surface area contributed by atoms with E-state index in [0.29, 0.717) is 12.0 Å². The Bertz CT molecular complexity index is 777. The minimum absolute atomic E-state index is 0.0783. The third-order valence-corrected chi connectivity index (χ3v) is 6.57. The molecule has 1 saturated carbocycles. The van der Waals surface area contributed by atoms with Gasteiger partial charge >= 0.3 is 11.9 Å². The van der Waals surface area contributed by atoms with Gasteiger partial charge in [-0.25, -0.2) is 9.59 Å². The van der Waals surface area contributed by atoms with E-state index >= 15 is 0 Å². The van der Waals surface area contributed by atoms with Crippen LogP contribution >= 0.6 is 0 Å². The maximum atomic E-state index is 12.3. The third kappa shape index (κ3) is 2.18. The molecule has 2 aliphatic heterocycles. The maximum Gasteiger partial charge on any atom is 0.334 e. The fourth-order valence-corrected chi connectivity index (χ4v) is 4.79. The van der Waals surface area contributed by atoms with Crippen LogP contribution in [0.2, 0.25) is 0 Å². The summed E-state index contributed by atoms with van der Waals surface area (Å²) in [6.45, 7) is 11.1. The van der Waals surface area contributed by atoms with Crippen LogP contribution in [0, 0.1) is 11.8 Å². The molecule has 0 amide bonds. The van der Waals surface area contributed by atoms with Crippen LogP contribution in [0.5, 0.6) is 0 Å². The van der Waals surface area contributed by atoms with Gasteiger partial charge in [-0.15, -0.1) is 0 Å². The second kappa shape index (κ2) is 5.54. The molecule has 0 spiro atoms. The van der Waals surface area contributed by atoms with Crippen molar-refractivity contribution in [3.63, 3.8) is 0 Å². The van der Waals surface area contributed by atoms with Gasteiger partial charge in [-0.3, -0.25) is 0 Å². The number of hydrogen-bond acceptors (Lipinski definition) is 6. The normalized spacial score (nSPS) is 44.1. The monoisotopic (exact) mass is 360 g/mol. The molecule has 4 aliphatic rings. The molecular formula is C20H24O6. The molecule has 2 heterocycles. The number of allylic oxidation sites excluding steroid dienone is 1. The second-order valence-electron chi connectivity index (χ2n) is 7.89. The zero-order valence-electron chi connectivity index (χ0n) is 15.4. The van der Waals surface area contributed by atoms with Gasteiger partial charge in [0.15, 0.2) is 0 Å². The minimum atomic E-state index is -1.09. The molecule has 7 unspecified atom stereocenters. The SMILES string of the molecule is C=C1C(=O)OC2C1C(O)C(OC(=O)C(C)=CC)C(C)=C1CC3OC3(C)C12. The Morgan fingerprint density at radius 3 is 2.81 bits per heavy atom. The summed E-state index contributed by atoms with van der Waals surface area (Å²) in [6.07, 6.45) is -0.0265. The van der Waals surface area contributed by atoms with Crippen LogP contribution < -0.4 is 0 Å². The van der Waals surface area contributed by atoms with Gasteiger partial charge in [0.2, 0.25) is 0 Å². The second-order valence-corrected chi connectivity index (χ2v) is 7.89. The smallest absolute Gasteiger partial charge is 0.334 e. The zero-order chi connectivity index (χ0) is 19.0. The van der Waals surface area contributed by atoms with Gasteiger partial charge in [0.25, 0.3) is 0 Å². The van der Waals surface area contributed by atoms with E-state index in [4.69, 9.17) is 14.2 Å². The Labute approximate surface area is 152 Å². The molecule has 2 saturated heterocycles. The molecule has 0 aromatic rings. The topological polar surface area (TPSA) is 85.4 Å². The fraction of sp³-hybridized carbons (Fsp3) is 0.600. The Morgan fingerprint density at radius 2 is 2.15 bits per heavy atom. The van der Waals surface area contributed by atoms with Crippen LogP contribution in [0.15, 0.2) is 34.9 Å². The summed E-state index contributed by atoms with van der Waals surface area (Å²) in [7, 11) is 0. The number of aliphatic hydroxyl groups excluding tert-OH is 1. The van der Waals surface area contributed by atoms with Gasteiger partial charge < -0.3 is 19.3 Å². The van der Waals surface area contributed by atoms with Crippen molar-refractivity contribution in [2.24, 2.45) is 11.8 Å². The first-order valence-electron chi connectivity index (χ1n) is 8.99. The van der Waals surface area contributed by atoms with Crippen molar-refractivity contribution < 1.29 is 28.9 Å². The molecule has 3 fully saturated rings. The van der Waals surface area contributed by atoms with Gasteiger partial charge in [-0.05, 0) is 39.7 Å². The quantitative estimate of drug-likeness (QED) is 0.350. The maximum absolute atomic E-state index is 12.3. The molecule has 1 N–H and O–H groups in total. The number of rotatable bonds is 2. The van der Waals surface area contributed by atoms with Crippen molar-refractivity contribution in [1.29, 1.82) is 0 Å². The van der Waals surface area contributed by atoms with E-state index in [2.05, 4.69) is 6.58 Å². The van der Waals surface area contributed by atoms with E-state index in [9.17, 15) is 14.7 Å². The Balaban J connectivity index is 1.78. The molecule has 6 nitrogen and oxygen atoms in total. The summed E-state index contributed by atoms with van der Waals surface area (Å²) in [6, 6.07) is 0.